The van der Waals surface area contributed by atoms with Gasteiger partial charge in [0.25, 0.3) is 0 Å². The van der Waals surface area contributed by atoms with Crippen molar-refractivity contribution in [1.82, 2.24) is 10.3 Å². The number of carbonyl (C=O) groups excluding carboxylic acids is 1. The van der Waals surface area contributed by atoms with Crippen molar-refractivity contribution < 1.29 is 4.79 Å². The standard InChI is InChI=1S/C14H18ClN3O/c15-12-4-1-7-16-13(12)18-8-2-3-10(9-18)14(19)17-11-5-6-11/h1,4,7,10-11H,2-3,5-6,8-9H2,(H,17,19). The second-order valence-electron chi connectivity index (χ2n) is 5.38. The Morgan fingerprint density at radius 2 is 2.26 bits per heavy atom. The number of piperidine rings is 1. The van der Waals surface area contributed by atoms with Crippen LogP contribution in [0.1, 0.15) is 25.7 Å². The Labute approximate surface area is 118 Å². The summed E-state index contributed by atoms with van der Waals surface area (Å²) in [5.74, 6) is 1.06. The van der Waals surface area contributed by atoms with E-state index in [9.17, 15) is 4.79 Å². The molecule has 2 fully saturated rings. The van der Waals surface area contributed by atoms with Crippen LogP contribution in [0.25, 0.3) is 0 Å². The molecule has 1 saturated heterocycles. The smallest absolute Gasteiger partial charge is 0.225 e. The minimum absolute atomic E-state index is 0.0624. The highest BCUT2D eigenvalue weighted by Gasteiger charge is 2.31. The topological polar surface area (TPSA) is 45.2 Å². The first kappa shape index (κ1) is 12.7. The van der Waals surface area contributed by atoms with Crippen molar-refractivity contribution >= 4 is 23.3 Å². The number of hydrogen-bond acceptors (Lipinski definition) is 3. The highest BCUT2D eigenvalue weighted by molar-refractivity contribution is 6.32. The maximum absolute atomic E-state index is 12.1. The van der Waals surface area contributed by atoms with Crippen LogP contribution in [-0.2, 0) is 4.79 Å². The number of hydrogen-bond donors (Lipinski definition) is 1. The fourth-order valence-corrected chi connectivity index (χ4v) is 2.78. The van der Waals surface area contributed by atoms with Gasteiger partial charge in [0.2, 0.25) is 5.91 Å². The number of rotatable bonds is 3. The zero-order chi connectivity index (χ0) is 13.2. The number of nitrogens with zero attached hydrogens (tertiary/aromatic N) is 2. The number of pyridine rings is 1. The van der Waals surface area contributed by atoms with E-state index in [2.05, 4.69) is 15.2 Å². The second kappa shape index (κ2) is 5.37. The lowest BCUT2D eigenvalue weighted by molar-refractivity contribution is -0.125. The van der Waals surface area contributed by atoms with E-state index < -0.39 is 0 Å². The molecule has 1 atom stereocenters. The van der Waals surface area contributed by atoms with E-state index in [1.54, 1.807) is 6.20 Å². The van der Waals surface area contributed by atoms with E-state index >= 15 is 0 Å². The zero-order valence-electron chi connectivity index (χ0n) is 10.8. The van der Waals surface area contributed by atoms with Crippen LogP contribution in [0.4, 0.5) is 5.82 Å². The Hall–Kier alpha value is -1.29. The van der Waals surface area contributed by atoms with E-state index in [0.717, 1.165) is 44.6 Å². The van der Waals surface area contributed by atoms with Crippen molar-refractivity contribution in [2.45, 2.75) is 31.7 Å². The van der Waals surface area contributed by atoms with Gasteiger partial charge in [-0.15, -0.1) is 0 Å². The van der Waals surface area contributed by atoms with Gasteiger partial charge in [-0.25, -0.2) is 4.98 Å². The first-order valence-corrected chi connectivity index (χ1v) is 7.27. The number of anilines is 1. The Balaban J connectivity index is 1.67. The largest absolute Gasteiger partial charge is 0.355 e. The molecule has 1 N–H and O–H groups in total. The van der Waals surface area contributed by atoms with Gasteiger partial charge in [-0.05, 0) is 37.8 Å². The summed E-state index contributed by atoms with van der Waals surface area (Å²) in [6, 6.07) is 4.10. The third kappa shape index (κ3) is 3.00. The van der Waals surface area contributed by atoms with Gasteiger partial charge in [-0.3, -0.25) is 4.79 Å². The maximum atomic E-state index is 12.1. The van der Waals surface area contributed by atoms with Crippen molar-refractivity contribution in [2.75, 3.05) is 18.0 Å². The molecular weight excluding hydrogens is 262 g/mol. The average molecular weight is 280 g/mol. The number of carbonyl (C=O) groups is 1. The summed E-state index contributed by atoms with van der Waals surface area (Å²) >= 11 is 6.17. The van der Waals surface area contributed by atoms with Gasteiger partial charge in [0, 0.05) is 25.3 Å². The van der Waals surface area contributed by atoms with Gasteiger partial charge in [-0.1, -0.05) is 11.6 Å². The van der Waals surface area contributed by atoms with Crippen LogP contribution < -0.4 is 10.2 Å². The summed E-state index contributed by atoms with van der Waals surface area (Å²) in [7, 11) is 0. The Morgan fingerprint density at radius 1 is 1.42 bits per heavy atom. The molecule has 0 spiro atoms. The fraction of sp³-hybridized carbons (Fsp3) is 0.571. The van der Waals surface area contributed by atoms with Crippen molar-refractivity contribution in [3.63, 3.8) is 0 Å². The number of amides is 1. The van der Waals surface area contributed by atoms with Crippen LogP contribution in [-0.4, -0.2) is 30.0 Å². The molecule has 1 aromatic rings. The number of aromatic nitrogens is 1. The Morgan fingerprint density at radius 3 is 3.00 bits per heavy atom. The molecule has 0 bridgehead atoms. The van der Waals surface area contributed by atoms with E-state index in [1.807, 2.05) is 12.1 Å². The Kier molecular flexibility index (Phi) is 3.60. The predicted octanol–water partition coefficient (Wildman–Crippen LogP) is 2.23. The third-order valence-corrected chi connectivity index (χ3v) is 4.05. The van der Waals surface area contributed by atoms with Crippen LogP contribution in [0.15, 0.2) is 18.3 Å². The van der Waals surface area contributed by atoms with E-state index in [-0.39, 0.29) is 11.8 Å². The molecule has 1 amide bonds. The van der Waals surface area contributed by atoms with Crippen LogP contribution in [0.5, 0.6) is 0 Å². The van der Waals surface area contributed by atoms with Crippen LogP contribution in [0.2, 0.25) is 5.02 Å². The molecule has 0 aromatic carbocycles. The molecule has 19 heavy (non-hydrogen) atoms. The van der Waals surface area contributed by atoms with Gasteiger partial charge >= 0.3 is 0 Å². The molecule has 3 rings (SSSR count). The second-order valence-corrected chi connectivity index (χ2v) is 5.78. The lowest BCUT2D eigenvalue weighted by atomic mass is 9.97. The van der Waals surface area contributed by atoms with E-state index in [1.165, 1.54) is 0 Å². The average Bonchev–Trinajstić information content (AvgIpc) is 3.23. The van der Waals surface area contributed by atoms with Gasteiger partial charge in [-0.2, -0.15) is 0 Å². The molecule has 5 heteroatoms. The molecule has 4 nitrogen and oxygen atoms in total. The van der Waals surface area contributed by atoms with Crippen LogP contribution >= 0.6 is 11.6 Å². The van der Waals surface area contributed by atoms with Crippen molar-refractivity contribution in [3.8, 4) is 0 Å². The fourth-order valence-electron chi connectivity index (χ4n) is 2.54. The van der Waals surface area contributed by atoms with E-state index in [0.29, 0.717) is 11.1 Å². The van der Waals surface area contributed by atoms with Gasteiger partial charge in [0.1, 0.15) is 5.82 Å². The molecular formula is C14H18ClN3O. The molecule has 1 aliphatic carbocycles. The van der Waals surface area contributed by atoms with Crippen molar-refractivity contribution in [3.05, 3.63) is 23.4 Å². The molecule has 2 aliphatic rings. The summed E-state index contributed by atoms with van der Waals surface area (Å²) < 4.78 is 0. The summed E-state index contributed by atoms with van der Waals surface area (Å²) in [4.78, 5) is 18.6. The lowest BCUT2D eigenvalue weighted by Gasteiger charge is -2.33. The van der Waals surface area contributed by atoms with Crippen molar-refractivity contribution in [1.29, 1.82) is 0 Å². The predicted molar refractivity (Wildman–Crippen MR) is 75.3 cm³/mol. The van der Waals surface area contributed by atoms with Crippen LogP contribution in [0, 0.1) is 5.92 Å². The van der Waals surface area contributed by atoms with E-state index in [4.69, 9.17) is 11.6 Å². The molecule has 2 heterocycles. The molecule has 1 aliphatic heterocycles. The normalized spacial score (nSPS) is 23.2. The van der Waals surface area contributed by atoms with Crippen molar-refractivity contribution in [2.24, 2.45) is 5.92 Å². The lowest BCUT2D eigenvalue weighted by Crippen LogP contribution is -2.44. The van der Waals surface area contributed by atoms with Gasteiger partial charge in [0.15, 0.2) is 0 Å². The summed E-state index contributed by atoms with van der Waals surface area (Å²) in [6.45, 7) is 1.64. The maximum Gasteiger partial charge on any atom is 0.225 e. The monoisotopic (exact) mass is 279 g/mol. The highest BCUT2D eigenvalue weighted by atomic mass is 35.5. The first-order chi connectivity index (χ1) is 9.24. The quantitative estimate of drug-likeness (QED) is 0.923. The third-order valence-electron chi connectivity index (χ3n) is 3.75. The molecule has 1 aromatic heterocycles. The molecule has 0 radical (unpaired) electrons. The van der Waals surface area contributed by atoms with Gasteiger partial charge < -0.3 is 10.2 Å². The minimum Gasteiger partial charge on any atom is -0.355 e. The van der Waals surface area contributed by atoms with Gasteiger partial charge in [0.05, 0.1) is 10.9 Å². The van der Waals surface area contributed by atoms with Crippen LogP contribution in [0.3, 0.4) is 0 Å². The zero-order valence-corrected chi connectivity index (χ0v) is 11.6. The molecule has 1 saturated carbocycles. The number of halogens is 1. The summed E-state index contributed by atoms with van der Waals surface area (Å²) in [5, 5.41) is 3.75. The summed E-state index contributed by atoms with van der Waals surface area (Å²) in [5.41, 5.74) is 0. The minimum atomic E-state index is 0.0624. The highest BCUT2D eigenvalue weighted by Crippen LogP contribution is 2.28. The summed E-state index contributed by atoms with van der Waals surface area (Å²) in [6.07, 6.45) is 5.98. The first-order valence-electron chi connectivity index (χ1n) is 6.90. The molecule has 102 valence electrons. The SMILES string of the molecule is O=C(NC1CC1)C1CCCN(c2ncccc2Cl)C1. The number of nitrogens with one attached hydrogen (secondary N) is 1. The Bertz CT molecular complexity index is 476. The molecule has 1 unspecified atom stereocenters.